The minimum atomic E-state index is 0.727. The molecule has 0 aliphatic rings. The van der Waals surface area contributed by atoms with Crippen LogP contribution in [0.25, 0.3) is 12.2 Å². The highest BCUT2D eigenvalue weighted by molar-refractivity contribution is 5.61. The summed E-state index contributed by atoms with van der Waals surface area (Å²) in [6.45, 7) is 7.65. The third-order valence-corrected chi connectivity index (χ3v) is 2.30. The van der Waals surface area contributed by atoms with Gasteiger partial charge in [-0.2, -0.15) is 0 Å². The Kier molecular flexibility index (Phi) is 4.64. The number of hydrogen-bond acceptors (Lipinski definition) is 3. The van der Waals surface area contributed by atoms with E-state index in [1.165, 1.54) is 0 Å². The number of anilines is 1. The largest absolute Gasteiger partial charge is 0.362 e. The van der Waals surface area contributed by atoms with Crippen molar-refractivity contribution < 1.29 is 0 Å². The number of aromatic nitrogens is 2. The monoisotopic (exact) mass is 229 g/mol. The van der Waals surface area contributed by atoms with Crippen molar-refractivity contribution in [2.45, 2.75) is 13.8 Å². The molecular weight excluding hydrogens is 210 g/mol. The van der Waals surface area contributed by atoms with E-state index in [0.717, 1.165) is 22.9 Å². The smallest absolute Gasteiger partial charge is 0.154 e. The van der Waals surface area contributed by atoms with E-state index in [-0.39, 0.29) is 0 Å². The summed E-state index contributed by atoms with van der Waals surface area (Å²) in [5.41, 5.74) is 2.00. The third kappa shape index (κ3) is 3.28. The molecule has 0 N–H and O–H groups in total. The van der Waals surface area contributed by atoms with Crippen LogP contribution in [0.5, 0.6) is 0 Å². The molecule has 0 aliphatic heterocycles. The Morgan fingerprint density at radius 1 is 1.18 bits per heavy atom. The second-order valence-electron chi connectivity index (χ2n) is 3.90. The van der Waals surface area contributed by atoms with Gasteiger partial charge >= 0.3 is 0 Å². The van der Waals surface area contributed by atoms with Gasteiger partial charge in [0.05, 0.1) is 5.69 Å². The molecule has 0 aliphatic carbocycles. The van der Waals surface area contributed by atoms with Crippen LogP contribution in [0.4, 0.5) is 5.82 Å². The van der Waals surface area contributed by atoms with Gasteiger partial charge in [-0.05, 0) is 26.0 Å². The zero-order valence-corrected chi connectivity index (χ0v) is 10.9. The fourth-order valence-corrected chi connectivity index (χ4v) is 1.52. The molecular formula is C14H19N3. The molecule has 1 rings (SSSR count). The molecule has 0 atom stereocenters. The number of rotatable bonds is 4. The molecule has 3 nitrogen and oxygen atoms in total. The Morgan fingerprint density at radius 3 is 2.41 bits per heavy atom. The predicted octanol–water partition coefficient (Wildman–Crippen LogP) is 3.08. The van der Waals surface area contributed by atoms with E-state index in [1.54, 1.807) is 6.08 Å². The van der Waals surface area contributed by atoms with E-state index >= 15 is 0 Å². The van der Waals surface area contributed by atoms with Gasteiger partial charge in [-0.25, -0.2) is 9.97 Å². The van der Waals surface area contributed by atoms with Gasteiger partial charge in [-0.1, -0.05) is 24.8 Å². The van der Waals surface area contributed by atoms with Crippen LogP contribution in [0.1, 0.15) is 24.0 Å². The van der Waals surface area contributed by atoms with Gasteiger partial charge in [0.1, 0.15) is 5.82 Å². The minimum absolute atomic E-state index is 0.727. The van der Waals surface area contributed by atoms with E-state index in [9.17, 15) is 0 Å². The first-order chi connectivity index (χ1) is 8.10. The van der Waals surface area contributed by atoms with Crippen molar-refractivity contribution in [3.05, 3.63) is 41.9 Å². The van der Waals surface area contributed by atoms with Crippen molar-refractivity contribution in [2.24, 2.45) is 0 Å². The first kappa shape index (κ1) is 13.2. The molecule has 0 fully saturated rings. The molecule has 0 unspecified atom stereocenters. The van der Waals surface area contributed by atoms with Gasteiger partial charge in [-0.15, -0.1) is 0 Å². The maximum Gasteiger partial charge on any atom is 0.154 e. The fourth-order valence-electron chi connectivity index (χ4n) is 1.52. The summed E-state index contributed by atoms with van der Waals surface area (Å²) in [4.78, 5) is 11.0. The van der Waals surface area contributed by atoms with Crippen molar-refractivity contribution in [1.82, 2.24) is 9.97 Å². The minimum Gasteiger partial charge on any atom is -0.362 e. The lowest BCUT2D eigenvalue weighted by Gasteiger charge is -2.16. The number of allylic oxidation sites excluding steroid dienone is 3. The zero-order valence-electron chi connectivity index (χ0n) is 10.9. The number of hydrogen-bond donors (Lipinski definition) is 0. The Labute approximate surface area is 103 Å². The van der Waals surface area contributed by atoms with Gasteiger partial charge < -0.3 is 4.90 Å². The molecule has 1 aromatic rings. The lowest BCUT2D eigenvalue weighted by atomic mass is 10.2. The van der Waals surface area contributed by atoms with E-state index < -0.39 is 0 Å². The highest BCUT2D eigenvalue weighted by atomic mass is 15.2. The van der Waals surface area contributed by atoms with Crippen molar-refractivity contribution >= 4 is 18.0 Å². The third-order valence-electron chi connectivity index (χ3n) is 2.30. The molecule has 0 saturated carbocycles. The lowest BCUT2D eigenvalue weighted by molar-refractivity contribution is 0.996. The molecule has 0 spiro atoms. The molecule has 90 valence electrons. The van der Waals surface area contributed by atoms with E-state index in [2.05, 4.69) is 16.5 Å². The van der Waals surface area contributed by atoms with Crippen molar-refractivity contribution in [3.63, 3.8) is 0 Å². The standard InChI is InChI=1S/C14H19N3/c1-6-8-10-12-11(3)14(17(4)5)16-13(15-12)9-7-2/h6-10H,1H2,2-5H3. The summed E-state index contributed by atoms with van der Waals surface area (Å²) in [6, 6.07) is 0. The highest BCUT2D eigenvalue weighted by Gasteiger charge is 2.08. The number of nitrogens with zero attached hydrogens (tertiary/aromatic N) is 3. The van der Waals surface area contributed by atoms with Crippen molar-refractivity contribution in [1.29, 1.82) is 0 Å². The van der Waals surface area contributed by atoms with Crippen LogP contribution in [0.3, 0.4) is 0 Å². The first-order valence-electron chi connectivity index (χ1n) is 5.58. The fraction of sp³-hybridized carbons (Fsp3) is 0.286. The van der Waals surface area contributed by atoms with Gasteiger partial charge in [0, 0.05) is 19.7 Å². The van der Waals surface area contributed by atoms with Crippen LogP contribution < -0.4 is 4.90 Å². The maximum atomic E-state index is 4.50. The summed E-state index contributed by atoms with van der Waals surface area (Å²) in [5, 5.41) is 0. The molecule has 0 saturated heterocycles. The summed E-state index contributed by atoms with van der Waals surface area (Å²) >= 11 is 0. The van der Waals surface area contributed by atoms with Crippen LogP contribution in [0.15, 0.2) is 24.8 Å². The lowest BCUT2D eigenvalue weighted by Crippen LogP contribution is -2.14. The molecule has 3 heteroatoms. The molecule has 0 amide bonds. The van der Waals surface area contributed by atoms with E-state index in [4.69, 9.17) is 0 Å². The van der Waals surface area contributed by atoms with Crippen LogP contribution in [0.2, 0.25) is 0 Å². The average Bonchev–Trinajstić information content (AvgIpc) is 2.29. The van der Waals surface area contributed by atoms with Crippen LogP contribution in [-0.2, 0) is 0 Å². The van der Waals surface area contributed by atoms with Crippen LogP contribution >= 0.6 is 0 Å². The van der Waals surface area contributed by atoms with Crippen molar-refractivity contribution in [3.8, 4) is 0 Å². The Hall–Kier alpha value is -1.90. The summed E-state index contributed by atoms with van der Waals surface area (Å²) in [6.07, 6.45) is 9.41. The SMILES string of the molecule is C=CC=Cc1nc(C=CC)nc(N(C)C)c1C. The van der Waals surface area contributed by atoms with Gasteiger partial charge in [0.2, 0.25) is 0 Å². The Morgan fingerprint density at radius 2 is 1.88 bits per heavy atom. The maximum absolute atomic E-state index is 4.50. The predicted molar refractivity (Wildman–Crippen MR) is 75.0 cm³/mol. The molecule has 0 aromatic carbocycles. The topological polar surface area (TPSA) is 29.0 Å². The Bertz CT molecular complexity index is 457. The summed E-state index contributed by atoms with van der Waals surface area (Å²) in [5.74, 6) is 1.67. The first-order valence-corrected chi connectivity index (χ1v) is 5.58. The molecule has 0 bridgehead atoms. The molecule has 0 radical (unpaired) electrons. The molecule has 1 aromatic heterocycles. The van der Waals surface area contributed by atoms with Gasteiger partial charge in [0.25, 0.3) is 0 Å². The quantitative estimate of drug-likeness (QED) is 0.743. The van der Waals surface area contributed by atoms with Crippen LogP contribution in [-0.4, -0.2) is 24.1 Å². The van der Waals surface area contributed by atoms with Crippen molar-refractivity contribution in [2.75, 3.05) is 19.0 Å². The average molecular weight is 229 g/mol. The summed E-state index contributed by atoms with van der Waals surface area (Å²) in [7, 11) is 3.96. The second-order valence-corrected chi connectivity index (χ2v) is 3.90. The zero-order chi connectivity index (χ0) is 12.8. The second kappa shape index (κ2) is 5.99. The van der Waals surface area contributed by atoms with E-state index in [0.29, 0.717) is 0 Å². The molecule has 17 heavy (non-hydrogen) atoms. The summed E-state index contributed by atoms with van der Waals surface area (Å²) < 4.78 is 0. The Balaban J connectivity index is 3.36. The molecule has 1 heterocycles. The van der Waals surface area contributed by atoms with Gasteiger partial charge in [-0.3, -0.25) is 0 Å². The van der Waals surface area contributed by atoms with Crippen LogP contribution in [0, 0.1) is 6.92 Å². The van der Waals surface area contributed by atoms with Gasteiger partial charge in [0.15, 0.2) is 5.82 Å². The normalized spacial score (nSPS) is 11.3. The van der Waals surface area contributed by atoms with E-state index in [1.807, 2.05) is 57.1 Å². The highest BCUT2D eigenvalue weighted by Crippen LogP contribution is 2.19.